The van der Waals surface area contributed by atoms with Crippen LogP contribution < -0.4 is 5.32 Å². The van der Waals surface area contributed by atoms with Crippen LogP contribution in [0.2, 0.25) is 0 Å². The van der Waals surface area contributed by atoms with Gasteiger partial charge in [-0.15, -0.1) is 0 Å². The number of carbonyl (C=O) groups is 1. The number of carbonyl (C=O) groups excluding carboxylic acids is 1. The van der Waals surface area contributed by atoms with Crippen LogP contribution in [0.3, 0.4) is 0 Å². The Morgan fingerprint density at radius 2 is 1.88 bits per heavy atom. The Morgan fingerprint density at radius 3 is 2.42 bits per heavy atom. The van der Waals surface area contributed by atoms with E-state index in [2.05, 4.69) is 26.1 Å². The smallest absolute Gasteiger partial charge is 0.264 e. The highest BCUT2D eigenvalue weighted by Gasteiger charge is 2.20. The number of hydrogen-bond acceptors (Lipinski definition) is 5. The lowest BCUT2D eigenvalue weighted by Crippen LogP contribution is -2.25. The largest absolute Gasteiger partial charge is 0.382 e. The summed E-state index contributed by atoms with van der Waals surface area (Å²) < 4.78 is 32.3. The molecule has 6 nitrogen and oxygen atoms in total. The number of hydrogen-bond donors (Lipinski definition) is 1. The fourth-order valence-corrected chi connectivity index (χ4v) is 2.99. The topological polar surface area (TPSA) is 81.7 Å². The van der Waals surface area contributed by atoms with Gasteiger partial charge >= 0.3 is 0 Å². The van der Waals surface area contributed by atoms with E-state index < -0.39 is 16.2 Å². The third kappa shape index (κ3) is 7.42. The molecule has 0 saturated carbocycles. The van der Waals surface area contributed by atoms with Crippen molar-refractivity contribution < 1.29 is 22.1 Å². The molecule has 0 heterocycles. The van der Waals surface area contributed by atoms with Gasteiger partial charge in [-0.05, 0) is 23.5 Å². The zero-order valence-electron chi connectivity index (χ0n) is 15.0. The Kier molecular flexibility index (Phi) is 7.38. The van der Waals surface area contributed by atoms with Gasteiger partial charge in [-0.1, -0.05) is 39.0 Å². The molecule has 1 N–H and O–H groups in total. The minimum absolute atomic E-state index is 0.0954. The van der Waals surface area contributed by atoms with E-state index in [1.54, 1.807) is 0 Å². The number of anilines is 1. The monoisotopic (exact) mass is 357 g/mol. The summed E-state index contributed by atoms with van der Waals surface area (Å²) >= 11 is 0. The average Bonchev–Trinajstić information content (AvgIpc) is 2.43. The van der Waals surface area contributed by atoms with Crippen molar-refractivity contribution in [1.29, 1.82) is 0 Å². The minimum atomic E-state index is -3.59. The molecule has 0 bridgehead atoms. The van der Waals surface area contributed by atoms with Crippen LogP contribution in [-0.4, -0.2) is 40.4 Å². The van der Waals surface area contributed by atoms with Gasteiger partial charge in [0, 0.05) is 19.2 Å². The first-order chi connectivity index (χ1) is 11.0. The summed E-state index contributed by atoms with van der Waals surface area (Å²) in [7, 11) is -2.13. The molecule has 0 saturated heterocycles. The molecular weight excluding hydrogens is 330 g/mol. The Labute approximate surface area is 144 Å². The molecule has 0 aromatic heterocycles. The highest BCUT2D eigenvalue weighted by molar-refractivity contribution is 7.86. The van der Waals surface area contributed by atoms with E-state index in [9.17, 15) is 13.2 Å². The first kappa shape index (κ1) is 20.6. The molecule has 1 rings (SSSR count). The molecule has 0 fully saturated rings. The summed E-state index contributed by atoms with van der Waals surface area (Å²) in [6.07, 6.45) is 0.704. The third-order valence-corrected chi connectivity index (χ3v) is 3.99. The van der Waals surface area contributed by atoms with Crippen LogP contribution in [0.1, 0.15) is 39.2 Å². The lowest BCUT2D eigenvalue weighted by atomic mass is 9.86. The van der Waals surface area contributed by atoms with E-state index in [0.29, 0.717) is 0 Å². The number of methoxy groups -OCH3 is 1. The van der Waals surface area contributed by atoms with E-state index in [1.165, 1.54) is 7.11 Å². The number of amides is 1. The summed E-state index contributed by atoms with van der Waals surface area (Å²) in [6.45, 7) is 6.34. The van der Waals surface area contributed by atoms with Crippen LogP contribution in [0.25, 0.3) is 0 Å². The molecule has 0 aliphatic rings. The first-order valence-corrected chi connectivity index (χ1v) is 9.61. The summed E-state index contributed by atoms with van der Waals surface area (Å²) in [6, 6.07) is 7.64. The van der Waals surface area contributed by atoms with E-state index >= 15 is 0 Å². The van der Waals surface area contributed by atoms with Gasteiger partial charge in [0.1, 0.15) is 6.10 Å². The van der Waals surface area contributed by atoms with Crippen molar-refractivity contribution in [3.63, 3.8) is 0 Å². The standard InChI is InChI=1S/C17H27NO5S/c1-17(2,3)14-8-6-7-9-15(14)18-16(19)11-10-13(12-22-4)23-24(5,20)21/h6-9,13H,10-12H2,1-5H3,(H,18,19). The highest BCUT2D eigenvalue weighted by atomic mass is 32.2. The van der Waals surface area contributed by atoms with Crippen LogP contribution in [0.15, 0.2) is 24.3 Å². The summed E-state index contributed by atoms with van der Waals surface area (Å²) in [5.74, 6) is -0.190. The number of rotatable bonds is 8. The maximum Gasteiger partial charge on any atom is 0.264 e. The SMILES string of the molecule is COCC(CCC(=O)Nc1ccccc1C(C)(C)C)OS(C)(=O)=O. The molecule has 1 atom stereocenters. The van der Waals surface area contributed by atoms with Crippen molar-refractivity contribution in [2.45, 2.75) is 45.1 Å². The van der Waals surface area contributed by atoms with Crippen LogP contribution in [0, 0.1) is 0 Å². The fourth-order valence-electron chi connectivity index (χ4n) is 2.34. The molecule has 1 aromatic carbocycles. The van der Waals surface area contributed by atoms with Crippen LogP contribution in [0.5, 0.6) is 0 Å². The lowest BCUT2D eigenvalue weighted by Gasteiger charge is -2.23. The van der Waals surface area contributed by atoms with E-state index in [0.717, 1.165) is 17.5 Å². The molecule has 0 aliphatic heterocycles. The number of para-hydroxylation sites is 1. The van der Waals surface area contributed by atoms with Crippen molar-refractivity contribution >= 4 is 21.7 Å². The van der Waals surface area contributed by atoms with Crippen LogP contribution >= 0.6 is 0 Å². The zero-order chi connectivity index (χ0) is 18.4. The average molecular weight is 357 g/mol. The summed E-state index contributed by atoms with van der Waals surface area (Å²) in [5, 5.41) is 2.89. The molecule has 0 aliphatic carbocycles. The quantitative estimate of drug-likeness (QED) is 0.724. The zero-order valence-corrected chi connectivity index (χ0v) is 15.8. The van der Waals surface area contributed by atoms with Crippen molar-refractivity contribution in [1.82, 2.24) is 0 Å². The van der Waals surface area contributed by atoms with Crippen molar-refractivity contribution in [2.24, 2.45) is 0 Å². The lowest BCUT2D eigenvalue weighted by molar-refractivity contribution is -0.116. The second-order valence-corrected chi connectivity index (χ2v) is 8.36. The predicted octanol–water partition coefficient (Wildman–Crippen LogP) is 2.69. The molecule has 0 spiro atoms. The molecule has 1 amide bonds. The second kappa shape index (κ2) is 8.60. The molecular formula is C17H27NO5S. The van der Waals surface area contributed by atoms with Crippen molar-refractivity contribution in [2.75, 3.05) is 25.3 Å². The Balaban J connectivity index is 2.69. The second-order valence-electron chi connectivity index (χ2n) is 6.76. The predicted molar refractivity (Wildman–Crippen MR) is 94.6 cm³/mol. The molecule has 24 heavy (non-hydrogen) atoms. The normalized spacial score (nSPS) is 13.5. The van der Waals surface area contributed by atoms with Crippen LogP contribution in [-0.2, 0) is 29.2 Å². The Bertz CT molecular complexity index is 649. The number of benzene rings is 1. The molecule has 0 radical (unpaired) electrons. The molecule has 1 aromatic rings. The van der Waals surface area contributed by atoms with Gasteiger partial charge in [-0.2, -0.15) is 8.42 Å². The van der Waals surface area contributed by atoms with Gasteiger partial charge < -0.3 is 10.1 Å². The fraction of sp³-hybridized carbons (Fsp3) is 0.588. The number of nitrogens with one attached hydrogen (secondary N) is 1. The van der Waals surface area contributed by atoms with Gasteiger partial charge in [0.25, 0.3) is 10.1 Å². The summed E-state index contributed by atoms with van der Waals surface area (Å²) in [5.41, 5.74) is 1.71. The van der Waals surface area contributed by atoms with Gasteiger partial charge in [0.15, 0.2) is 0 Å². The summed E-state index contributed by atoms with van der Waals surface area (Å²) in [4.78, 5) is 12.2. The van der Waals surface area contributed by atoms with Crippen molar-refractivity contribution in [3.05, 3.63) is 29.8 Å². The van der Waals surface area contributed by atoms with Gasteiger partial charge in [-0.3, -0.25) is 8.98 Å². The van der Waals surface area contributed by atoms with Gasteiger partial charge in [-0.25, -0.2) is 0 Å². The molecule has 7 heteroatoms. The van der Waals surface area contributed by atoms with Gasteiger partial charge in [0.2, 0.25) is 5.91 Å². The van der Waals surface area contributed by atoms with Crippen LogP contribution in [0.4, 0.5) is 5.69 Å². The maximum atomic E-state index is 12.2. The Hall–Kier alpha value is -1.44. The first-order valence-electron chi connectivity index (χ1n) is 7.79. The van der Waals surface area contributed by atoms with Gasteiger partial charge in [0.05, 0.1) is 12.9 Å². The minimum Gasteiger partial charge on any atom is -0.382 e. The number of ether oxygens (including phenoxy) is 1. The molecule has 1 unspecified atom stereocenters. The van der Waals surface area contributed by atoms with E-state index in [4.69, 9.17) is 8.92 Å². The highest BCUT2D eigenvalue weighted by Crippen LogP contribution is 2.29. The Morgan fingerprint density at radius 1 is 1.25 bits per heavy atom. The van der Waals surface area contributed by atoms with E-state index in [-0.39, 0.29) is 30.8 Å². The molecule has 136 valence electrons. The van der Waals surface area contributed by atoms with E-state index in [1.807, 2.05) is 24.3 Å². The third-order valence-electron chi connectivity index (χ3n) is 3.37. The van der Waals surface area contributed by atoms with Crippen molar-refractivity contribution in [3.8, 4) is 0 Å². The maximum absolute atomic E-state index is 12.2.